The zero-order chi connectivity index (χ0) is 20.8. The van der Waals surface area contributed by atoms with Crippen molar-refractivity contribution in [1.29, 1.82) is 0 Å². The molecule has 0 aliphatic carbocycles. The van der Waals surface area contributed by atoms with Crippen molar-refractivity contribution in [3.05, 3.63) is 71.4 Å². The molecule has 4 rings (SSSR count). The number of amides is 2. The number of furan rings is 1. The highest BCUT2D eigenvalue weighted by Gasteiger charge is 2.24. The lowest BCUT2D eigenvalue weighted by Crippen LogP contribution is -2.43. The summed E-state index contributed by atoms with van der Waals surface area (Å²) in [6, 6.07) is 11.2. The SMILES string of the molecule is O=C(NCc1cnn(-c2ccc(Cl)cc2)c1)NCC(c1ccco1)N1CCCCC1. The van der Waals surface area contributed by atoms with E-state index in [0.717, 1.165) is 30.1 Å². The van der Waals surface area contributed by atoms with E-state index in [9.17, 15) is 4.79 Å². The number of likely N-dealkylation sites (tertiary alicyclic amines) is 1. The fourth-order valence-corrected chi connectivity index (χ4v) is 3.87. The number of urea groups is 1. The predicted octanol–water partition coefficient (Wildman–Crippen LogP) is 4.15. The summed E-state index contributed by atoms with van der Waals surface area (Å²) in [5.74, 6) is 0.890. The van der Waals surface area contributed by atoms with Crippen molar-refractivity contribution in [2.24, 2.45) is 0 Å². The van der Waals surface area contributed by atoms with Crippen LogP contribution in [0.3, 0.4) is 0 Å². The van der Waals surface area contributed by atoms with Gasteiger partial charge in [-0.15, -0.1) is 0 Å². The van der Waals surface area contributed by atoms with Crippen LogP contribution in [0.1, 0.15) is 36.6 Å². The summed E-state index contributed by atoms with van der Waals surface area (Å²) in [7, 11) is 0. The molecule has 8 heteroatoms. The third-order valence-electron chi connectivity index (χ3n) is 5.34. The summed E-state index contributed by atoms with van der Waals surface area (Å²) in [6.07, 6.45) is 8.95. The Hall–Kier alpha value is -2.77. The van der Waals surface area contributed by atoms with E-state index in [4.69, 9.17) is 16.0 Å². The summed E-state index contributed by atoms with van der Waals surface area (Å²) < 4.78 is 7.39. The normalized spacial score (nSPS) is 15.6. The minimum Gasteiger partial charge on any atom is -0.468 e. The number of nitrogens with one attached hydrogen (secondary N) is 2. The quantitative estimate of drug-likeness (QED) is 0.594. The Labute approximate surface area is 181 Å². The highest BCUT2D eigenvalue weighted by Crippen LogP contribution is 2.24. The zero-order valence-corrected chi connectivity index (χ0v) is 17.5. The van der Waals surface area contributed by atoms with Gasteiger partial charge in [0.15, 0.2) is 0 Å². The second-order valence-corrected chi connectivity index (χ2v) is 7.90. The summed E-state index contributed by atoms with van der Waals surface area (Å²) in [5, 5.41) is 10.9. The molecular weight excluding hydrogens is 402 g/mol. The fourth-order valence-electron chi connectivity index (χ4n) is 3.74. The molecule has 7 nitrogen and oxygen atoms in total. The van der Waals surface area contributed by atoms with Crippen molar-refractivity contribution in [3.63, 3.8) is 0 Å². The molecule has 2 N–H and O–H groups in total. The molecule has 1 atom stereocenters. The van der Waals surface area contributed by atoms with E-state index in [1.54, 1.807) is 17.1 Å². The van der Waals surface area contributed by atoms with E-state index >= 15 is 0 Å². The number of rotatable bonds is 7. The molecule has 1 fully saturated rings. The van der Waals surface area contributed by atoms with Gasteiger partial charge in [0.25, 0.3) is 0 Å². The third kappa shape index (κ3) is 5.23. The maximum absolute atomic E-state index is 12.4. The molecule has 2 amide bonds. The van der Waals surface area contributed by atoms with Gasteiger partial charge in [0.2, 0.25) is 0 Å². The number of carbonyl (C=O) groups is 1. The van der Waals surface area contributed by atoms with Crippen LogP contribution >= 0.6 is 11.6 Å². The number of hydrogen-bond donors (Lipinski definition) is 2. The fraction of sp³-hybridized carbons (Fsp3) is 0.364. The van der Waals surface area contributed by atoms with Crippen molar-refractivity contribution >= 4 is 17.6 Å². The summed E-state index contributed by atoms with van der Waals surface area (Å²) >= 11 is 5.93. The maximum atomic E-state index is 12.4. The Bertz CT molecular complexity index is 933. The molecule has 1 aromatic carbocycles. The molecule has 3 aromatic rings. The van der Waals surface area contributed by atoms with E-state index in [0.29, 0.717) is 18.1 Å². The molecule has 3 heterocycles. The van der Waals surface area contributed by atoms with E-state index in [1.165, 1.54) is 19.3 Å². The minimum absolute atomic E-state index is 0.0544. The van der Waals surface area contributed by atoms with Crippen molar-refractivity contribution < 1.29 is 9.21 Å². The number of aromatic nitrogens is 2. The first kappa shape index (κ1) is 20.5. The Morgan fingerprint density at radius 3 is 2.67 bits per heavy atom. The Kier molecular flexibility index (Phi) is 6.71. The molecule has 1 aliphatic rings. The first-order valence-corrected chi connectivity index (χ1v) is 10.7. The molecule has 0 bridgehead atoms. The van der Waals surface area contributed by atoms with Crippen molar-refractivity contribution in [2.45, 2.75) is 31.8 Å². The Balaban J connectivity index is 1.29. The molecule has 0 saturated carbocycles. The van der Waals surface area contributed by atoms with Crippen LogP contribution in [0.5, 0.6) is 0 Å². The van der Waals surface area contributed by atoms with Gasteiger partial charge < -0.3 is 15.1 Å². The maximum Gasteiger partial charge on any atom is 0.315 e. The molecule has 1 unspecified atom stereocenters. The van der Waals surface area contributed by atoms with Gasteiger partial charge in [0.1, 0.15) is 5.76 Å². The Morgan fingerprint density at radius 1 is 1.13 bits per heavy atom. The van der Waals surface area contributed by atoms with Crippen LogP contribution in [-0.2, 0) is 6.54 Å². The first-order valence-electron chi connectivity index (χ1n) is 10.3. The standard InChI is InChI=1S/C22H26ClN5O2/c23-18-6-8-19(9-7-18)28-16-17(14-26-28)13-24-22(29)25-15-20(21-5-4-12-30-21)27-10-2-1-3-11-27/h4-9,12,14,16,20H,1-3,10-11,13,15H2,(H2,24,25,29). The van der Waals surface area contributed by atoms with Crippen molar-refractivity contribution in [3.8, 4) is 5.69 Å². The molecule has 2 aromatic heterocycles. The molecule has 1 aliphatic heterocycles. The molecule has 0 radical (unpaired) electrons. The third-order valence-corrected chi connectivity index (χ3v) is 5.59. The van der Waals surface area contributed by atoms with Gasteiger partial charge >= 0.3 is 6.03 Å². The molecule has 1 saturated heterocycles. The van der Waals surface area contributed by atoms with Crippen LogP contribution in [0, 0.1) is 0 Å². The van der Waals surface area contributed by atoms with E-state index in [1.807, 2.05) is 42.6 Å². The van der Waals surface area contributed by atoms with Gasteiger partial charge in [-0.1, -0.05) is 18.0 Å². The first-order chi connectivity index (χ1) is 14.7. The number of halogens is 1. The molecule has 158 valence electrons. The molecular formula is C22H26ClN5O2. The summed E-state index contributed by atoms with van der Waals surface area (Å²) in [6.45, 7) is 2.95. The highest BCUT2D eigenvalue weighted by molar-refractivity contribution is 6.30. The number of nitrogens with zero attached hydrogens (tertiary/aromatic N) is 3. The highest BCUT2D eigenvalue weighted by atomic mass is 35.5. The van der Waals surface area contributed by atoms with Gasteiger partial charge in [0.05, 0.1) is 24.2 Å². The molecule has 30 heavy (non-hydrogen) atoms. The number of hydrogen-bond acceptors (Lipinski definition) is 4. The molecule has 0 spiro atoms. The second-order valence-electron chi connectivity index (χ2n) is 7.46. The average molecular weight is 428 g/mol. The van der Waals surface area contributed by atoms with Gasteiger partial charge in [-0.05, 0) is 62.3 Å². The van der Waals surface area contributed by atoms with Crippen LogP contribution in [0.25, 0.3) is 5.69 Å². The lowest BCUT2D eigenvalue weighted by Gasteiger charge is -2.33. The minimum atomic E-state index is -0.206. The predicted molar refractivity (Wildman–Crippen MR) is 116 cm³/mol. The van der Waals surface area contributed by atoms with Crippen LogP contribution in [-0.4, -0.2) is 40.3 Å². The number of carbonyl (C=O) groups excluding carboxylic acids is 1. The summed E-state index contributed by atoms with van der Waals surface area (Å²) in [4.78, 5) is 14.8. The number of piperidine rings is 1. The second kappa shape index (κ2) is 9.82. The smallest absolute Gasteiger partial charge is 0.315 e. The topological polar surface area (TPSA) is 75.3 Å². The van der Waals surface area contributed by atoms with Crippen molar-refractivity contribution in [1.82, 2.24) is 25.3 Å². The van der Waals surface area contributed by atoms with Gasteiger partial charge in [-0.2, -0.15) is 5.10 Å². The average Bonchev–Trinajstić information content (AvgIpc) is 3.46. The van der Waals surface area contributed by atoms with Gasteiger partial charge in [-0.25, -0.2) is 9.48 Å². The monoisotopic (exact) mass is 427 g/mol. The van der Waals surface area contributed by atoms with Crippen LogP contribution < -0.4 is 10.6 Å². The number of benzene rings is 1. The van der Waals surface area contributed by atoms with E-state index in [2.05, 4.69) is 20.6 Å². The van der Waals surface area contributed by atoms with E-state index in [-0.39, 0.29) is 12.1 Å². The lowest BCUT2D eigenvalue weighted by molar-refractivity contribution is 0.143. The Morgan fingerprint density at radius 2 is 1.93 bits per heavy atom. The summed E-state index contributed by atoms with van der Waals surface area (Å²) in [5.41, 5.74) is 1.83. The van der Waals surface area contributed by atoms with Crippen LogP contribution in [0.15, 0.2) is 59.5 Å². The van der Waals surface area contributed by atoms with Crippen LogP contribution in [0.2, 0.25) is 5.02 Å². The van der Waals surface area contributed by atoms with Gasteiger partial charge in [0, 0.05) is 29.9 Å². The largest absolute Gasteiger partial charge is 0.468 e. The van der Waals surface area contributed by atoms with Gasteiger partial charge in [-0.3, -0.25) is 4.90 Å². The van der Waals surface area contributed by atoms with Crippen LogP contribution in [0.4, 0.5) is 4.79 Å². The van der Waals surface area contributed by atoms with Crippen molar-refractivity contribution in [2.75, 3.05) is 19.6 Å². The lowest BCUT2D eigenvalue weighted by atomic mass is 10.1. The zero-order valence-electron chi connectivity index (χ0n) is 16.8. The van der Waals surface area contributed by atoms with E-state index < -0.39 is 0 Å².